The SMILES string of the molecule is CCCC(CCO)CNC(=O)Cn1cc(Br)ccc1=O. The Morgan fingerprint density at radius 1 is 1.45 bits per heavy atom. The Kier molecular flexibility index (Phi) is 7.54. The highest BCUT2D eigenvalue weighted by Gasteiger charge is 2.10. The molecular formula is C14H21BrN2O3. The van der Waals surface area contributed by atoms with Crippen molar-refractivity contribution in [3.8, 4) is 0 Å². The van der Waals surface area contributed by atoms with Gasteiger partial charge in [0, 0.05) is 29.9 Å². The highest BCUT2D eigenvalue weighted by molar-refractivity contribution is 9.10. The van der Waals surface area contributed by atoms with E-state index in [9.17, 15) is 9.59 Å². The van der Waals surface area contributed by atoms with Crippen LogP contribution in [0.4, 0.5) is 0 Å². The van der Waals surface area contributed by atoms with Gasteiger partial charge in [-0.15, -0.1) is 0 Å². The number of hydrogen-bond acceptors (Lipinski definition) is 3. The van der Waals surface area contributed by atoms with Gasteiger partial charge in [0.2, 0.25) is 5.91 Å². The first kappa shape index (κ1) is 16.9. The van der Waals surface area contributed by atoms with Crippen molar-refractivity contribution in [2.45, 2.75) is 32.7 Å². The van der Waals surface area contributed by atoms with Gasteiger partial charge in [-0.05, 0) is 40.8 Å². The Hall–Kier alpha value is -1.14. The number of carbonyl (C=O) groups is 1. The molecule has 20 heavy (non-hydrogen) atoms. The van der Waals surface area contributed by atoms with Crippen LogP contribution in [0.2, 0.25) is 0 Å². The molecule has 0 aliphatic rings. The molecule has 1 atom stereocenters. The molecule has 0 aromatic carbocycles. The van der Waals surface area contributed by atoms with Crippen molar-refractivity contribution in [1.29, 1.82) is 0 Å². The summed E-state index contributed by atoms with van der Waals surface area (Å²) in [5.74, 6) is 0.0948. The molecule has 0 saturated heterocycles. The number of amides is 1. The van der Waals surface area contributed by atoms with E-state index in [-0.39, 0.29) is 30.5 Å². The predicted octanol–water partition coefficient (Wildman–Crippen LogP) is 1.53. The normalized spacial score (nSPS) is 12.2. The van der Waals surface area contributed by atoms with E-state index in [0.717, 1.165) is 17.3 Å². The van der Waals surface area contributed by atoms with Crippen LogP contribution in [0.1, 0.15) is 26.2 Å². The second kappa shape index (κ2) is 8.92. The Morgan fingerprint density at radius 3 is 2.85 bits per heavy atom. The lowest BCUT2D eigenvalue weighted by Crippen LogP contribution is -2.35. The average molecular weight is 345 g/mol. The van der Waals surface area contributed by atoms with Crippen LogP contribution in [0.25, 0.3) is 0 Å². The molecule has 0 radical (unpaired) electrons. The summed E-state index contributed by atoms with van der Waals surface area (Å²) in [4.78, 5) is 23.4. The number of halogens is 1. The molecule has 2 N–H and O–H groups in total. The van der Waals surface area contributed by atoms with Gasteiger partial charge >= 0.3 is 0 Å². The largest absolute Gasteiger partial charge is 0.396 e. The zero-order valence-electron chi connectivity index (χ0n) is 11.6. The first-order chi connectivity index (χ1) is 9.56. The molecule has 0 saturated carbocycles. The number of carbonyl (C=O) groups excluding carboxylic acids is 1. The van der Waals surface area contributed by atoms with Gasteiger partial charge in [0.1, 0.15) is 6.54 Å². The van der Waals surface area contributed by atoms with E-state index >= 15 is 0 Å². The van der Waals surface area contributed by atoms with Crippen LogP contribution < -0.4 is 10.9 Å². The second-order valence-corrected chi connectivity index (χ2v) is 5.70. The van der Waals surface area contributed by atoms with Crippen LogP contribution in [0.15, 0.2) is 27.6 Å². The third-order valence-electron chi connectivity index (χ3n) is 3.08. The zero-order chi connectivity index (χ0) is 15.0. The Labute approximate surface area is 127 Å². The van der Waals surface area contributed by atoms with E-state index in [1.807, 2.05) is 0 Å². The van der Waals surface area contributed by atoms with Crippen LogP contribution in [-0.2, 0) is 11.3 Å². The Bertz CT molecular complexity index is 482. The maximum atomic E-state index is 11.8. The lowest BCUT2D eigenvalue weighted by Gasteiger charge is -2.16. The fourth-order valence-electron chi connectivity index (χ4n) is 2.03. The number of pyridine rings is 1. The van der Waals surface area contributed by atoms with Gasteiger partial charge in [-0.1, -0.05) is 13.3 Å². The molecule has 1 aromatic rings. The Morgan fingerprint density at radius 2 is 2.20 bits per heavy atom. The van der Waals surface area contributed by atoms with Crippen molar-refractivity contribution in [2.24, 2.45) is 5.92 Å². The van der Waals surface area contributed by atoms with Crippen molar-refractivity contribution in [2.75, 3.05) is 13.2 Å². The van der Waals surface area contributed by atoms with E-state index in [4.69, 9.17) is 5.11 Å². The lowest BCUT2D eigenvalue weighted by atomic mass is 10.0. The molecule has 5 nitrogen and oxygen atoms in total. The fraction of sp³-hybridized carbons (Fsp3) is 0.571. The first-order valence-corrected chi connectivity index (χ1v) is 7.59. The number of aliphatic hydroxyl groups is 1. The third kappa shape index (κ3) is 5.88. The summed E-state index contributed by atoms with van der Waals surface area (Å²) in [5.41, 5.74) is -0.205. The van der Waals surface area contributed by atoms with Gasteiger partial charge < -0.3 is 15.0 Å². The number of nitrogens with one attached hydrogen (secondary N) is 1. The van der Waals surface area contributed by atoms with E-state index < -0.39 is 0 Å². The third-order valence-corrected chi connectivity index (χ3v) is 3.55. The molecule has 0 aliphatic carbocycles. The molecule has 1 heterocycles. The highest BCUT2D eigenvalue weighted by atomic mass is 79.9. The molecule has 0 aliphatic heterocycles. The molecule has 1 unspecified atom stereocenters. The maximum absolute atomic E-state index is 11.8. The fourth-order valence-corrected chi connectivity index (χ4v) is 2.41. The molecule has 6 heteroatoms. The molecule has 0 spiro atoms. The smallest absolute Gasteiger partial charge is 0.251 e. The molecule has 1 amide bonds. The summed E-state index contributed by atoms with van der Waals surface area (Å²) in [7, 11) is 0. The highest BCUT2D eigenvalue weighted by Crippen LogP contribution is 2.09. The quantitative estimate of drug-likeness (QED) is 0.751. The molecule has 1 aromatic heterocycles. The van der Waals surface area contributed by atoms with Gasteiger partial charge in [-0.2, -0.15) is 0 Å². The maximum Gasteiger partial charge on any atom is 0.251 e. The van der Waals surface area contributed by atoms with Crippen LogP contribution >= 0.6 is 15.9 Å². The van der Waals surface area contributed by atoms with Gasteiger partial charge in [-0.3, -0.25) is 9.59 Å². The lowest BCUT2D eigenvalue weighted by molar-refractivity contribution is -0.121. The number of aromatic nitrogens is 1. The molecule has 1 rings (SSSR count). The first-order valence-electron chi connectivity index (χ1n) is 6.80. The zero-order valence-corrected chi connectivity index (χ0v) is 13.2. The number of nitrogens with zero attached hydrogens (tertiary/aromatic N) is 1. The van der Waals surface area contributed by atoms with E-state index in [2.05, 4.69) is 28.2 Å². The minimum atomic E-state index is -0.205. The topological polar surface area (TPSA) is 71.3 Å². The monoisotopic (exact) mass is 344 g/mol. The molecule has 0 fully saturated rings. The summed E-state index contributed by atoms with van der Waals surface area (Å²) in [6, 6.07) is 3.07. The minimum Gasteiger partial charge on any atom is -0.396 e. The Balaban J connectivity index is 2.50. The van der Waals surface area contributed by atoms with E-state index in [1.54, 1.807) is 12.3 Å². The van der Waals surface area contributed by atoms with Gasteiger partial charge in [0.25, 0.3) is 5.56 Å². The minimum absolute atomic E-state index is 0.0102. The summed E-state index contributed by atoms with van der Waals surface area (Å²) >= 11 is 3.27. The van der Waals surface area contributed by atoms with E-state index in [1.165, 1.54) is 10.6 Å². The number of hydrogen-bond donors (Lipinski definition) is 2. The summed E-state index contributed by atoms with van der Waals surface area (Å²) in [6.45, 7) is 2.76. The summed E-state index contributed by atoms with van der Waals surface area (Å²) < 4.78 is 2.12. The van der Waals surface area contributed by atoms with Crippen molar-refractivity contribution in [3.05, 3.63) is 33.2 Å². The standard InChI is InChI=1S/C14H21BrN2O3/c1-2-3-11(6-7-18)8-16-13(19)10-17-9-12(15)4-5-14(17)20/h4-5,9,11,18H,2-3,6-8,10H2,1H3,(H,16,19). The van der Waals surface area contributed by atoms with Crippen LogP contribution in [0, 0.1) is 5.92 Å². The van der Waals surface area contributed by atoms with Gasteiger partial charge in [-0.25, -0.2) is 0 Å². The molecule has 112 valence electrons. The predicted molar refractivity (Wildman–Crippen MR) is 81.5 cm³/mol. The van der Waals surface area contributed by atoms with Crippen molar-refractivity contribution >= 4 is 21.8 Å². The van der Waals surface area contributed by atoms with Gasteiger partial charge in [0.15, 0.2) is 0 Å². The number of rotatable bonds is 8. The van der Waals surface area contributed by atoms with Crippen LogP contribution in [0.3, 0.4) is 0 Å². The molecule has 0 bridgehead atoms. The van der Waals surface area contributed by atoms with Crippen molar-refractivity contribution in [3.63, 3.8) is 0 Å². The summed E-state index contributed by atoms with van der Waals surface area (Å²) in [5, 5.41) is 11.8. The number of aliphatic hydroxyl groups excluding tert-OH is 1. The second-order valence-electron chi connectivity index (χ2n) is 4.78. The average Bonchev–Trinajstić information content (AvgIpc) is 2.41. The van der Waals surface area contributed by atoms with Crippen LogP contribution in [0.5, 0.6) is 0 Å². The van der Waals surface area contributed by atoms with E-state index in [0.29, 0.717) is 13.0 Å². The van der Waals surface area contributed by atoms with Crippen molar-refractivity contribution < 1.29 is 9.90 Å². The van der Waals surface area contributed by atoms with Crippen LogP contribution in [-0.4, -0.2) is 28.7 Å². The molecular weight excluding hydrogens is 324 g/mol. The van der Waals surface area contributed by atoms with Gasteiger partial charge in [0.05, 0.1) is 0 Å². The van der Waals surface area contributed by atoms with Crippen molar-refractivity contribution in [1.82, 2.24) is 9.88 Å². The summed E-state index contributed by atoms with van der Waals surface area (Å²) in [6.07, 6.45) is 4.27.